The standard InChI is InChI=1S/C18H19N3O3/c1-11-4-5-14(10-16(11)21(23)24)18-19-15-8-12(2)13(3)9-17(15)20(18)6-7-22/h4-5,8-10,22H,6-7H2,1-3H3. The Morgan fingerprint density at radius 2 is 1.83 bits per heavy atom. The number of fused-ring (bicyclic) bond motifs is 1. The van der Waals surface area contributed by atoms with Crippen molar-refractivity contribution in [2.75, 3.05) is 6.61 Å². The van der Waals surface area contributed by atoms with Gasteiger partial charge in [0.1, 0.15) is 5.82 Å². The molecule has 0 spiro atoms. The van der Waals surface area contributed by atoms with E-state index in [2.05, 4.69) is 4.98 Å². The number of aryl methyl sites for hydroxylation is 3. The molecule has 0 atom stereocenters. The average Bonchev–Trinajstić information content (AvgIpc) is 2.86. The first-order chi connectivity index (χ1) is 11.4. The Labute approximate surface area is 139 Å². The molecule has 1 N–H and O–H groups in total. The van der Waals surface area contributed by atoms with Gasteiger partial charge in [0.15, 0.2) is 0 Å². The van der Waals surface area contributed by atoms with Gasteiger partial charge in [-0.05, 0) is 44.0 Å². The SMILES string of the molecule is Cc1cc2nc(-c3ccc(C)c([N+](=O)[O-])c3)n(CCO)c2cc1C. The van der Waals surface area contributed by atoms with Crippen molar-refractivity contribution in [3.63, 3.8) is 0 Å². The number of aliphatic hydroxyl groups excluding tert-OH is 1. The second-order valence-corrected chi connectivity index (χ2v) is 5.99. The van der Waals surface area contributed by atoms with Gasteiger partial charge in [-0.3, -0.25) is 10.1 Å². The van der Waals surface area contributed by atoms with Crippen LogP contribution in [0.25, 0.3) is 22.4 Å². The fourth-order valence-corrected chi connectivity index (χ4v) is 2.87. The number of hydrogen-bond donors (Lipinski definition) is 1. The molecule has 0 saturated heterocycles. The van der Waals surface area contributed by atoms with Crippen molar-refractivity contribution in [2.24, 2.45) is 0 Å². The van der Waals surface area contributed by atoms with Gasteiger partial charge in [-0.2, -0.15) is 0 Å². The minimum atomic E-state index is -0.383. The average molecular weight is 325 g/mol. The highest BCUT2D eigenvalue weighted by molar-refractivity contribution is 5.82. The van der Waals surface area contributed by atoms with E-state index in [0.29, 0.717) is 23.5 Å². The van der Waals surface area contributed by atoms with Crippen LogP contribution in [0.15, 0.2) is 30.3 Å². The molecule has 24 heavy (non-hydrogen) atoms. The highest BCUT2D eigenvalue weighted by atomic mass is 16.6. The van der Waals surface area contributed by atoms with Crippen molar-refractivity contribution in [3.05, 3.63) is 57.1 Å². The molecule has 0 bridgehead atoms. The topological polar surface area (TPSA) is 81.2 Å². The summed E-state index contributed by atoms with van der Waals surface area (Å²) in [5.74, 6) is 0.632. The Hall–Kier alpha value is -2.73. The molecule has 6 nitrogen and oxygen atoms in total. The lowest BCUT2D eigenvalue weighted by Crippen LogP contribution is -2.04. The van der Waals surface area contributed by atoms with Gasteiger partial charge in [0, 0.05) is 23.7 Å². The third-order valence-electron chi connectivity index (χ3n) is 4.35. The van der Waals surface area contributed by atoms with Gasteiger partial charge in [0.05, 0.1) is 22.6 Å². The van der Waals surface area contributed by atoms with Crippen LogP contribution >= 0.6 is 0 Å². The van der Waals surface area contributed by atoms with Crippen molar-refractivity contribution in [3.8, 4) is 11.4 Å². The maximum Gasteiger partial charge on any atom is 0.273 e. The fourth-order valence-electron chi connectivity index (χ4n) is 2.87. The van der Waals surface area contributed by atoms with Crippen molar-refractivity contribution >= 4 is 16.7 Å². The first-order valence-corrected chi connectivity index (χ1v) is 7.76. The number of aromatic nitrogens is 2. The van der Waals surface area contributed by atoms with Crippen molar-refractivity contribution in [1.82, 2.24) is 9.55 Å². The van der Waals surface area contributed by atoms with Gasteiger partial charge in [-0.15, -0.1) is 0 Å². The number of nitro benzene ring substituents is 1. The summed E-state index contributed by atoms with van der Waals surface area (Å²) in [6, 6.07) is 9.15. The van der Waals surface area contributed by atoms with Gasteiger partial charge >= 0.3 is 0 Å². The van der Waals surface area contributed by atoms with Crippen LogP contribution in [-0.4, -0.2) is 26.2 Å². The summed E-state index contributed by atoms with van der Waals surface area (Å²) in [7, 11) is 0. The fraction of sp³-hybridized carbons (Fsp3) is 0.278. The summed E-state index contributed by atoms with van der Waals surface area (Å²) in [5.41, 5.74) is 5.38. The molecule has 3 rings (SSSR count). The maximum absolute atomic E-state index is 11.2. The van der Waals surface area contributed by atoms with Gasteiger partial charge in [-0.25, -0.2) is 4.98 Å². The van der Waals surface area contributed by atoms with Gasteiger partial charge in [0.25, 0.3) is 5.69 Å². The molecule has 0 saturated carbocycles. The molecule has 0 unspecified atom stereocenters. The number of nitrogens with zero attached hydrogens (tertiary/aromatic N) is 3. The molecule has 6 heteroatoms. The number of hydrogen-bond acceptors (Lipinski definition) is 4. The summed E-state index contributed by atoms with van der Waals surface area (Å²) in [5, 5.41) is 20.6. The quantitative estimate of drug-likeness (QED) is 0.588. The smallest absolute Gasteiger partial charge is 0.273 e. The molecule has 0 aliphatic rings. The van der Waals surface area contributed by atoms with E-state index in [4.69, 9.17) is 0 Å². The summed E-state index contributed by atoms with van der Waals surface area (Å²) >= 11 is 0. The maximum atomic E-state index is 11.2. The van der Waals surface area contributed by atoms with E-state index in [9.17, 15) is 15.2 Å². The Morgan fingerprint density at radius 3 is 2.50 bits per heavy atom. The first kappa shape index (κ1) is 16.1. The third kappa shape index (κ3) is 2.65. The Kier molecular flexibility index (Phi) is 4.07. The number of nitro groups is 1. The zero-order valence-corrected chi connectivity index (χ0v) is 13.9. The molecule has 2 aromatic carbocycles. The van der Waals surface area contributed by atoms with E-state index in [1.807, 2.05) is 36.6 Å². The van der Waals surface area contributed by atoms with Gasteiger partial charge in [0.2, 0.25) is 0 Å². The molecular formula is C18H19N3O3. The minimum absolute atomic E-state index is 0.0284. The summed E-state index contributed by atoms with van der Waals surface area (Å²) in [6.07, 6.45) is 0. The monoisotopic (exact) mass is 325 g/mol. The molecule has 1 aromatic heterocycles. The lowest BCUT2D eigenvalue weighted by molar-refractivity contribution is -0.385. The van der Waals surface area contributed by atoms with E-state index in [1.54, 1.807) is 19.1 Å². The summed E-state index contributed by atoms with van der Waals surface area (Å²) < 4.78 is 1.91. The molecular weight excluding hydrogens is 306 g/mol. The second-order valence-electron chi connectivity index (χ2n) is 5.99. The summed E-state index contributed by atoms with van der Waals surface area (Å²) in [4.78, 5) is 15.5. The van der Waals surface area contributed by atoms with Crippen LogP contribution in [0.4, 0.5) is 5.69 Å². The molecule has 1 heterocycles. The summed E-state index contributed by atoms with van der Waals surface area (Å²) in [6.45, 7) is 6.12. The molecule has 0 fully saturated rings. The Bertz CT molecular complexity index is 944. The zero-order valence-electron chi connectivity index (χ0n) is 13.9. The Balaban J connectivity index is 2.27. The normalized spacial score (nSPS) is 11.2. The van der Waals surface area contributed by atoms with E-state index < -0.39 is 0 Å². The highest BCUT2D eigenvalue weighted by Crippen LogP contribution is 2.30. The molecule has 3 aromatic rings. The molecule has 124 valence electrons. The lowest BCUT2D eigenvalue weighted by atomic mass is 10.1. The predicted molar refractivity (Wildman–Crippen MR) is 93.1 cm³/mol. The predicted octanol–water partition coefficient (Wildman–Crippen LogP) is 3.53. The molecule has 0 radical (unpaired) electrons. The lowest BCUT2D eigenvalue weighted by Gasteiger charge is -2.09. The number of aliphatic hydroxyl groups is 1. The third-order valence-corrected chi connectivity index (χ3v) is 4.35. The van der Waals surface area contributed by atoms with Crippen LogP contribution in [0.1, 0.15) is 16.7 Å². The minimum Gasteiger partial charge on any atom is -0.395 e. The van der Waals surface area contributed by atoms with Gasteiger partial charge < -0.3 is 9.67 Å². The van der Waals surface area contributed by atoms with Gasteiger partial charge in [-0.1, -0.05) is 12.1 Å². The number of imidazole rings is 1. The first-order valence-electron chi connectivity index (χ1n) is 7.76. The molecule has 0 aliphatic heterocycles. The van der Waals surface area contributed by atoms with Crippen LogP contribution in [0.3, 0.4) is 0 Å². The number of rotatable bonds is 4. The van der Waals surface area contributed by atoms with Crippen molar-refractivity contribution in [1.29, 1.82) is 0 Å². The highest BCUT2D eigenvalue weighted by Gasteiger charge is 2.17. The van der Waals surface area contributed by atoms with Crippen LogP contribution in [-0.2, 0) is 6.54 Å². The van der Waals surface area contributed by atoms with Crippen molar-refractivity contribution in [2.45, 2.75) is 27.3 Å². The molecule has 0 aliphatic carbocycles. The van der Waals surface area contributed by atoms with E-state index >= 15 is 0 Å². The van der Waals surface area contributed by atoms with E-state index in [-0.39, 0.29) is 17.2 Å². The van der Waals surface area contributed by atoms with Crippen LogP contribution < -0.4 is 0 Å². The van der Waals surface area contributed by atoms with Crippen LogP contribution in [0, 0.1) is 30.9 Å². The van der Waals surface area contributed by atoms with Crippen molar-refractivity contribution < 1.29 is 10.0 Å². The van der Waals surface area contributed by atoms with E-state index in [1.165, 1.54) is 0 Å². The zero-order chi connectivity index (χ0) is 17.4. The number of benzene rings is 2. The Morgan fingerprint density at radius 1 is 1.12 bits per heavy atom. The largest absolute Gasteiger partial charge is 0.395 e. The van der Waals surface area contributed by atoms with E-state index in [0.717, 1.165) is 22.2 Å². The molecule has 0 amide bonds. The van der Waals surface area contributed by atoms with Crippen LogP contribution in [0.5, 0.6) is 0 Å². The van der Waals surface area contributed by atoms with Crippen LogP contribution in [0.2, 0.25) is 0 Å². The second kappa shape index (κ2) is 6.05.